The number of carbonyl (C=O) groups excluding carboxylic acids is 1. The number of carboxylic acids is 1. The van der Waals surface area contributed by atoms with E-state index >= 15 is 0 Å². The lowest BCUT2D eigenvalue weighted by atomic mass is 10.1. The Balaban J connectivity index is 2.62. The molecule has 0 spiro atoms. The lowest BCUT2D eigenvalue weighted by Gasteiger charge is -2.10. The molecule has 0 bridgehead atoms. The predicted octanol–water partition coefficient (Wildman–Crippen LogP) is 0.989. The minimum absolute atomic E-state index is 0.0251. The van der Waals surface area contributed by atoms with Crippen molar-refractivity contribution in [2.75, 3.05) is 5.32 Å². The van der Waals surface area contributed by atoms with Gasteiger partial charge in [0.25, 0.3) is 0 Å². The molecule has 4 N–H and O–H groups in total. The van der Waals surface area contributed by atoms with E-state index < -0.39 is 12.0 Å². The lowest BCUT2D eigenvalue weighted by Crippen LogP contribution is -2.34. The highest BCUT2D eigenvalue weighted by Gasteiger charge is 2.10. The number of carboxylic acid groups (broad SMARTS) is 1. The van der Waals surface area contributed by atoms with Crippen molar-refractivity contribution in [3.8, 4) is 0 Å². The van der Waals surface area contributed by atoms with Gasteiger partial charge in [0.2, 0.25) is 5.91 Å². The zero-order valence-corrected chi connectivity index (χ0v) is 9.64. The molecule has 0 aliphatic heterocycles. The van der Waals surface area contributed by atoms with Gasteiger partial charge >= 0.3 is 5.97 Å². The number of rotatable bonds is 5. The first-order valence-corrected chi connectivity index (χ1v) is 5.40. The second kappa shape index (κ2) is 6.00. The third kappa shape index (κ3) is 4.24. The van der Waals surface area contributed by atoms with Crippen molar-refractivity contribution in [2.45, 2.75) is 25.8 Å². The van der Waals surface area contributed by atoms with Crippen LogP contribution in [0.2, 0.25) is 0 Å². The van der Waals surface area contributed by atoms with E-state index in [1.54, 1.807) is 24.3 Å². The van der Waals surface area contributed by atoms with E-state index in [0.29, 0.717) is 17.7 Å². The number of amides is 1. The second-order valence-electron chi connectivity index (χ2n) is 3.77. The van der Waals surface area contributed by atoms with Crippen molar-refractivity contribution in [3.05, 3.63) is 29.8 Å². The average molecular weight is 236 g/mol. The molecule has 1 rings (SSSR count). The highest BCUT2D eigenvalue weighted by molar-refractivity contribution is 5.94. The number of hydrogen-bond acceptors (Lipinski definition) is 3. The third-order valence-corrected chi connectivity index (χ3v) is 2.35. The Bertz CT molecular complexity index is 401. The van der Waals surface area contributed by atoms with Crippen molar-refractivity contribution in [1.29, 1.82) is 0 Å². The minimum atomic E-state index is -0.880. The van der Waals surface area contributed by atoms with Crippen LogP contribution in [0.3, 0.4) is 0 Å². The maximum atomic E-state index is 11.5. The molecule has 0 saturated carbocycles. The van der Waals surface area contributed by atoms with Crippen molar-refractivity contribution < 1.29 is 14.7 Å². The summed E-state index contributed by atoms with van der Waals surface area (Å²) in [7, 11) is 0. The lowest BCUT2D eigenvalue weighted by molar-refractivity contribution is -0.136. The van der Waals surface area contributed by atoms with E-state index in [2.05, 4.69) is 5.32 Å². The van der Waals surface area contributed by atoms with Gasteiger partial charge in [0, 0.05) is 5.69 Å². The molecule has 0 heterocycles. The fourth-order valence-electron chi connectivity index (χ4n) is 1.30. The van der Waals surface area contributed by atoms with E-state index in [9.17, 15) is 9.59 Å². The summed E-state index contributed by atoms with van der Waals surface area (Å²) in [4.78, 5) is 21.9. The smallest absolute Gasteiger partial charge is 0.307 e. The summed E-state index contributed by atoms with van der Waals surface area (Å²) >= 11 is 0. The van der Waals surface area contributed by atoms with Crippen LogP contribution in [0.4, 0.5) is 5.69 Å². The zero-order valence-electron chi connectivity index (χ0n) is 9.64. The number of aliphatic carboxylic acids is 1. The zero-order chi connectivity index (χ0) is 12.8. The molecule has 0 radical (unpaired) electrons. The molecule has 1 aromatic rings. The summed E-state index contributed by atoms with van der Waals surface area (Å²) in [5.41, 5.74) is 6.88. The van der Waals surface area contributed by atoms with Crippen LogP contribution in [0.15, 0.2) is 24.3 Å². The van der Waals surface area contributed by atoms with Crippen LogP contribution in [-0.2, 0) is 16.0 Å². The molecule has 0 aliphatic carbocycles. The van der Waals surface area contributed by atoms with Crippen molar-refractivity contribution >= 4 is 17.6 Å². The number of carbonyl (C=O) groups is 2. The van der Waals surface area contributed by atoms with E-state index in [-0.39, 0.29) is 12.3 Å². The van der Waals surface area contributed by atoms with Gasteiger partial charge in [-0.1, -0.05) is 19.1 Å². The van der Waals surface area contributed by atoms with Gasteiger partial charge in [-0.25, -0.2) is 0 Å². The second-order valence-corrected chi connectivity index (χ2v) is 3.77. The topological polar surface area (TPSA) is 92.4 Å². The summed E-state index contributed by atoms with van der Waals surface area (Å²) in [6.45, 7) is 1.83. The molecule has 17 heavy (non-hydrogen) atoms. The van der Waals surface area contributed by atoms with Gasteiger partial charge in [-0.15, -0.1) is 0 Å². The molecule has 1 amide bonds. The van der Waals surface area contributed by atoms with Crippen LogP contribution in [0.1, 0.15) is 18.9 Å². The fraction of sp³-hybridized carbons (Fsp3) is 0.333. The van der Waals surface area contributed by atoms with E-state index in [1.807, 2.05) is 6.92 Å². The summed E-state index contributed by atoms with van der Waals surface area (Å²) < 4.78 is 0. The van der Waals surface area contributed by atoms with Crippen LogP contribution in [-0.4, -0.2) is 23.0 Å². The van der Waals surface area contributed by atoms with Crippen LogP contribution < -0.4 is 11.1 Å². The van der Waals surface area contributed by atoms with Gasteiger partial charge < -0.3 is 16.2 Å². The minimum Gasteiger partial charge on any atom is -0.481 e. The highest BCUT2D eigenvalue weighted by atomic mass is 16.4. The first kappa shape index (κ1) is 13.2. The van der Waals surface area contributed by atoms with Gasteiger partial charge in [0.05, 0.1) is 12.5 Å². The summed E-state index contributed by atoms with van der Waals surface area (Å²) in [5, 5.41) is 11.3. The molecule has 0 aromatic heterocycles. The van der Waals surface area contributed by atoms with Crippen LogP contribution in [0.25, 0.3) is 0 Å². The Hall–Kier alpha value is -1.88. The summed E-state index contributed by atoms with van der Waals surface area (Å²) in [5.74, 6) is -1.12. The molecule has 1 unspecified atom stereocenters. The molecule has 0 saturated heterocycles. The molecular weight excluding hydrogens is 220 g/mol. The SMILES string of the molecule is CCC(N)C(=O)Nc1ccc(CC(=O)O)cc1. The van der Waals surface area contributed by atoms with Crippen molar-refractivity contribution in [1.82, 2.24) is 0 Å². The van der Waals surface area contributed by atoms with E-state index in [0.717, 1.165) is 0 Å². The Morgan fingerprint density at radius 1 is 1.35 bits per heavy atom. The number of nitrogens with one attached hydrogen (secondary N) is 1. The van der Waals surface area contributed by atoms with E-state index in [1.165, 1.54) is 0 Å². The Labute approximate surface area is 99.6 Å². The van der Waals surface area contributed by atoms with Crippen LogP contribution in [0.5, 0.6) is 0 Å². The Kier molecular flexibility index (Phi) is 4.66. The number of benzene rings is 1. The maximum Gasteiger partial charge on any atom is 0.307 e. The van der Waals surface area contributed by atoms with Gasteiger partial charge in [0.15, 0.2) is 0 Å². The third-order valence-electron chi connectivity index (χ3n) is 2.35. The Morgan fingerprint density at radius 3 is 2.41 bits per heavy atom. The van der Waals surface area contributed by atoms with Gasteiger partial charge in [-0.2, -0.15) is 0 Å². The van der Waals surface area contributed by atoms with Crippen LogP contribution >= 0.6 is 0 Å². The highest BCUT2D eigenvalue weighted by Crippen LogP contribution is 2.10. The molecule has 1 aromatic carbocycles. The maximum absolute atomic E-state index is 11.5. The number of anilines is 1. The van der Waals surface area contributed by atoms with Crippen LogP contribution in [0, 0.1) is 0 Å². The first-order valence-electron chi connectivity index (χ1n) is 5.40. The largest absolute Gasteiger partial charge is 0.481 e. The molecule has 92 valence electrons. The molecule has 1 atom stereocenters. The molecule has 5 nitrogen and oxygen atoms in total. The molecule has 0 aliphatic rings. The van der Waals surface area contributed by atoms with Gasteiger partial charge in [-0.05, 0) is 24.1 Å². The summed E-state index contributed by atoms with van der Waals surface area (Å²) in [6, 6.07) is 6.15. The quantitative estimate of drug-likeness (QED) is 0.710. The molecular formula is C12H16N2O3. The first-order chi connectivity index (χ1) is 8.02. The standard InChI is InChI=1S/C12H16N2O3/c1-2-10(13)12(17)14-9-5-3-8(4-6-9)7-11(15)16/h3-6,10H,2,7,13H2,1H3,(H,14,17)(H,15,16). The number of hydrogen-bond donors (Lipinski definition) is 3. The average Bonchev–Trinajstić information content (AvgIpc) is 2.30. The Morgan fingerprint density at radius 2 is 1.94 bits per heavy atom. The molecule has 0 fully saturated rings. The number of nitrogens with two attached hydrogens (primary N) is 1. The van der Waals surface area contributed by atoms with Crippen molar-refractivity contribution in [2.24, 2.45) is 5.73 Å². The fourth-order valence-corrected chi connectivity index (χ4v) is 1.30. The predicted molar refractivity (Wildman–Crippen MR) is 64.7 cm³/mol. The van der Waals surface area contributed by atoms with Gasteiger partial charge in [0.1, 0.15) is 0 Å². The summed E-state index contributed by atoms with van der Waals surface area (Å²) in [6.07, 6.45) is 0.547. The van der Waals surface area contributed by atoms with Gasteiger partial charge in [-0.3, -0.25) is 9.59 Å². The molecule has 5 heteroatoms. The monoisotopic (exact) mass is 236 g/mol. The van der Waals surface area contributed by atoms with Crippen molar-refractivity contribution in [3.63, 3.8) is 0 Å². The normalized spacial score (nSPS) is 11.9. The van der Waals surface area contributed by atoms with E-state index in [4.69, 9.17) is 10.8 Å².